The molecule has 4 heteroatoms. The number of aliphatic hydroxyl groups is 1. The first-order valence-electron chi connectivity index (χ1n) is 6.44. The van der Waals surface area contributed by atoms with E-state index in [1.165, 1.54) is 0 Å². The lowest BCUT2D eigenvalue weighted by Gasteiger charge is -2.11. The van der Waals surface area contributed by atoms with Crippen molar-refractivity contribution in [1.29, 1.82) is 0 Å². The molecular weight excluding hydrogens is 252 g/mol. The summed E-state index contributed by atoms with van der Waals surface area (Å²) in [6.07, 6.45) is 10.3. The standard InChI is InChI=1S/C16H14N2O2/c19-15(14-6-1-2-9-17-14)10-18-16(20)13-8-7-11-4-3-5-12(11)13/h1-9,15,19H,10H2,(H,18,20). The maximum absolute atomic E-state index is 12.1. The molecule has 0 saturated heterocycles. The number of aromatic nitrogens is 1. The van der Waals surface area contributed by atoms with E-state index in [9.17, 15) is 9.90 Å². The van der Waals surface area contributed by atoms with Crippen molar-refractivity contribution in [2.45, 2.75) is 6.10 Å². The zero-order chi connectivity index (χ0) is 13.9. The molecule has 1 atom stereocenters. The van der Waals surface area contributed by atoms with E-state index in [-0.39, 0.29) is 12.5 Å². The van der Waals surface area contributed by atoms with Crippen molar-refractivity contribution < 1.29 is 9.90 Å². The van der Waals surface area contributed by atoms with E-state index in [1.54, 1.807) is 30.5 Å². The SMILES string of the molecule is O=C(NCC(O)c1ccccn1)C1=C2C=CC=C2C=C1. The fraction of sp³-hybridized carbons (Fsp3) is 0.125. The molecule has 20 heavy (non-hydrogen) atoms. The third kappa shape index (κ3) is 2.33. The minimum absolute atomic E-state index is 0.142. The molecule has 100 valence electrons. The molecule has 1 unspecified atom stereocenters. The van der Waals surface area contributed by atoms with Crippen molar-refractivity contribution in [2.75, 3.05) is 6.54 Å². The highest BCUT2D eigenvalue weighted by molar-refractivity contribution is 6.00. The quantitative estimate of drug-likeness (QED) is 0.870. The van der Waals surface area contributed by atoms with Crippen molar-refractivity contribution in [3.05, 3.63) is 77.2 Å². The average molecular weight is 266 g/mol. The second-order valence-electron chi connectivity index (χ2n) is 4.62. The normalized spacial score (nSPS) is 17.1. The topological polar surface area (TPSA) is 62.2 Å². The van der Waals surface area contributed by atoms with Gasteiger partial charge in [0.1, 0.15) is 6.10 Å². The van der Waals surface area contributed by atoms with Crippen LogP contribution in [0.3, 0.4) is 0 Å². The summed E-state index contributed by atoms with van der Waals surface area (Å²) in [6.45, 7) is 0.142. The predicted octanol–water partition coefficient (Wildman–Crippen LogP) is 1.59. The number of hydrogen-bond donors (Lipinski definition) is 2. The number of fused-ring (bicyclic) bond motifs is 1. The molecule has 0 saturated carbocycles. The number of aliphatic hydroxyl groups excluding tert-OH is 1. The zero-order valence-corrected chi connectivity index (χ0v) is 10.8. The fourth-order valence-electron chi connectivity index (χ4n) is 2.25. The number of nitrogens with one attached hydrogen (secondary N) is 1. The van der Waals surface area contributed by atoms with E-state index in [0.29, 0.717) is 11.3 Å². The van der Waals surface area contributed by atoms with Crippen LogP contribution in [-0.2, 0) is 4.79 Å². The summed E-state index contributed by atoms with van der Waals surface area (Å²) in [5, 5.41) is 12.7. The Labute approximate surface area is 116 Å². The van der Waals surface area contributed by atoms with Crippen LogP contribution in [0.1, 0.15) is 11.8 Å². The van der Waals surface area contributed by atoms with Crippen LogP contribution in [0.4, 0.5) is 0 Å². The predicted molar refractivity (Wildman–Crippen MR) is 75.6 cm³/mol. The van der Waals surface area contributed by atoms with Gasteiger partial charge in [-0.1, -0.05) is 30.4 Å². The Kier molecular flexibility index (Phi) is 3.31. The van der Waals surface area contributed by atoms with Gasteiger partial charge in [0.25, 0.3) is 5.91 Å². The lowest BCUT2D eigenvalue weighted by atomic mass is 10.1. The Morgan fingerprint density at radius 2 is 2.20 bits per heavy atom. The van der Waals surface area contributed by atoms with Crippen molar-refractivity contribution in [3.8, 4) is 0 Å². The first-order valence-corrected chi connectivity index (χ1v) is 6.44. The monoisotopic (exact) mass is 266 g/mol. The highest BCUT2D eigenvalue weighted by atomic mass is 16.3. The minimum Gasteiger partial charge on any atom is -0.385 e. The summed E-state index contributed by atoms with van der Waals surface area (Å²) < 4.78 is 0. The van der Waals surface area contributed by atoms with Crippen molar-refractivity contribution in [3.63, 3.8) is 0 Å². The van der Waals surface area contributed by atoms with Gasteiger partial charge in [-0.05, 0) is 29.4 Å². The number of carbonyl (C=O) groups excluding carboxylic acids is 1. The molecule has 1 aromatic heterocycles. The summed E-state index contributed by atoms with van der Waals surface area (Å²) in [5.74, 6) is -0.179. The van der Waals surface area contributed by atoms with Crippen LogP contribution in [0.25, 0.3) is 0 Å². The number of carbonyl (C=O) groups is 1. The van der Waals surface area contributed by atoms with Crippen LogP contribution >= 0.6 is 0 Å². The molecule has 1 amide bonds. The highest BCUT2D eigenvalue weighted by Gasteiger charge is 2.20. The zero-order valence-electron chi connectivity index (χ0n) is 10.8. The number of rotatable bonds is 4. The molecule has 2 aliphatic carbocycles. The maximum atomic E-state index is 12.1. The fourth-order valence-corrected chi connectivity index (χ4v) is 2.25. The van der Waals surface area contributed by atoms with E-state index >= 15 is 0 Å². The van der Waals surface area contributed by atoms with Gasteiger partial charge in [-0.3, -0.25) is 9.78 Å². The Balaban J connectivity index is 1.64. The number of pyridine rings is 1. The van der Waals surface area contributed by atoms with E-state index < -0.39 is 6.10 Å². The molecule has 0 fully saturated rings. The first-order chi connectivity index (χ1) is 9.75. The summed E-state index contributed by atoms with van der Waals surface area (Å²) in [5.41, 5.74) is 3.18. The maximum Gasteiger partial charge on any atom is 0.252 e. The van der Waals surface area contributed by atoms with Gasteiger partial charge in [0.2, 0.25) is 0 Å². The largest absolute Gasteiger partial charge is 0.385 e. The van der Waals surface area contributed by atoms with E-state index in [1.807, 2.05) is 24.3 Å². The molecule has 0 radical (unpaired) electrons. The van der Waals surface area contributed by atoms with Gasteiger partial charge in [0, 0.05) is 18.3 Å². The minimum atomic E-state index is -0.801. The molecule has 1 aromatic rings. The van der Waals surface area contributed by atoms with Gasteiger partial charge in [-0.2, -0.15) is 0 Å². The van der Waals surface area contributed by atoms with Crippen LogP contribution in [0.2, 0.25) is 0 Å². The smallest absolute Gasteiger partial charge is 0.252 e. The number of amides is 1. The third-order valence-corrected chi connectivity index (χ3v) is 3.30. The van der Waals surface area contributed by atoms with E-state index in [0.717, 1.165) is 11.1 Å². The molecule has 2 aliphatic rings. The third-order valence-electron chi connectivity index (χ3n) is 3.30. The first kappa shape index (κ1) is 12.6. The highest BCUT2D eigenvalue weighted by Crippen LogP contribution is 2.29. The molecule has 3 rings (SSSR count). The summed E-state index contributed by atoms with van der Waals surface area (Å²) >= 11 is 0. The van der Waals surface area contributed by atoms with Gasteiger partial charge in [0.05, 0.1) is 5.69 Å². The summed E-state index contributed by atoms with van der Waals surface area (Å²) in [7, 11) is 0. The van der Waals surface area contributed by atoms with Crippen molar-refractivity contribution in [2.24, 2.45) is 0 Å². The van der Waals surface area contributed by atoms with Crippen LogP contribution in [-0.4, -0.2) is 22.5 Å². The van der Waals surface area contributed by atoms with E-state index in [4.69, 9.17) is 0 Å². The Bertz CT molecular complexity index is 654. The second-order valence-corrected chi connectivity index (χ2v) is 4.62. The van der Waals surface area contributed by atoms with Crippen molar-refractivity contribution in [1.82, 2.24) is 10.3 Å². The van der Waals surface area contributed by atoms with Crippen LogP contribution in [0, 0.1) is 0 Å². The molecule has 2 N–H and O–H groups in total. The Morgan fingerprint density at radius 1 is 1.30 bits per heavy atom. The number of allylic oxidation sites excluding steroid dienone is 6. The van der Waals surface area contributed by atoms with Crippen LogP contribution in [0.5, 0.6) is 0 Å². The van der Waals surface area contributed by atoms with Crippen LogP contribution in [0.15, 0.2) is 71.5 Å². The van der Waals surface area contributed by atoms with Gasteiger partial charge >= 0.3 is 0 Å². The van der Waals surface area contributed by atoms with Crippen molar-refractivity contribution >= 4 is 5.91 Å². The Morgan fingerprint density at radius 3 is 3.00 bits per heavy atom. The number of hydrogen-bond acceptors (Lipinski definition) is 3. The van der Waals surface area contributed by atoms with Crippen LogP contribution < -0.4 is 5.32 Å². The van der Waals surface area contributed by atoms with Gasteiger partial charge in [-0.15, -0.1) is 0 Å². The lowest BCUT2D eigenvalue weighted by Crippen LogP contribution is -2.29. The van der Waals surface area contributed by atoms with Gasteiger partial charge in [-0.25, -0.2) is 0 Å². The number of nitrogens with zero attached hydrogens (tertiary/aromatic N) is 1. The molecular formula is C16H14N2O2. The van der Waals surface area contributed by atoms with Gasteiger partial charge in [0.15, 0.2) is 0 Å². The molecule has 0 aromatic carbocycles. The summed E-state index contributed by atoms with van der Waals surface area (Å²) in [4.78, 5) is 16.2. The average Bonchev–Trinajstić information content (AvgIpc) is 3.08. The molecule has 0 bridgehead atoms. The second kappa shape index (κ2) is 5.27. The molecule has 1 heterocycles. The molecule has 0 aliphatic heterocycles. The Hall–Kier alpha value is -2.46. The molecule has 0 spiro atoms. The van der Waals surface area contributed by atoms with Gasteiger partial charge < -0.3 is 10.4 Å². The lowest BCUT2D eigenvalue weighted by molar-refractivity contribution is -0.117. The summed E-state index contributed by atoms with van der Waals surface area (Å²) in [6, 6.07) is 5.32. The van der Waals surface area contributed by atoms with E-state index in [2.05, 4.69) is 10.3 Å². The molecule has 4 nitrogen and oxygen atoms in total.